The van der Waals surface area contributed by atoms with E-state index in [1.54, 1.807) is 10.9 Å². The highest BCUT2D eigenvalue weighted by Gasteiger charge is 2.56. The van der Waals surface area contributed by atoms with Crippen LogP contribution in [0.25, 0.3) is 11.2 Å². The Bertz CT molecular complexity index is 1090. The highest BCUT2D eigenvalue weighted by atomic mass is 16.8. The Labute approximate surface area is 179 Å². The van der Waals surface area contributed by atoms with Crippen molar-refractivity contribution in [2.45, 2.75) is 57.1 Å². The van der Waals surface area contributed by atoms with Crippen molar-refractivity contribution in [3.63, 3.8) is 0 Å². The van der Waals surface area contributed by atoms with Gasteiger partial charge in [-0.1, -0.05) is 30.3 Å². The zero-order valence-corrected chi connectivity index (χ0v) is 17.6. The van der Waals surface area contributed by atoms with E-state index in [1.165, 1.54) is 0 Å². The molecule has 1 aromatic carbocycles. The first-order valence-electron chi connectivity index (χ1n) is 10.3. The van der Waals surface area contributed by atoms with Crippen LogP contribution in [-0.4, -0.2) is 55.3 Å². The number of ether oxygens (including phenoxy) is 3. The van der Waals surface area contributed by atoms with Gasteiger partial charge in [0.15, 0.2) is 23.5 Å². The molecule has 2 aliphatic heterocycles. The molecule has 3 unspecified atom stereocenters. The summed E-state index contributed by atoms with van der Waals surface area (Å²) in [6.07, 6.45) is -0.277. The van der Waals surface area contributed by atoms with Crippen molar-refractivity contribution in [1.82, 2.24) is 19.5 Å². The van der Waals surface area contributed by atoms with Gasteiger partial charge >= 0.3 is 0 Å². The number of imidazole rings is 1. The van der Waals surface area contributed by atoms with E-state index in [9.17, 15) is 5.11 Å². The van der Waals surface area contributed by atoms with Crippen molar-refractivity contribution in [3.05, 3.63) is 42.2 Å². The third-order valence-electron chi connectivity index (χ3n) is 5.67. The molecule has 0 amide bonds. The van der Waals surface area contributed by atoms with Gasteiger partial charge < -0.3 is 30.4 Å². The molecule has 164 valence electrons. The van der Waals surface area contributed by atoms with Crippen molar-refractivity contribution >= 4 is 22.9 Å². The molecule has 0 radical (unpaired) electrons. The van der Waals surface area contributed by atoms with Crippen LogP contribution in [0.5, 0.6) is 0 Å². The van der Waals surface area contributed by atoms with Gasteiger partial charge in [0.25, 0.3) is 0 Å². The summed E-state index contributed by atoms with van der Waals surface area (Å²) in [6.45, 7) is 5.53. The largest absolute Gasteiger partial charge is 0.394 e. The van der Waals surface area contributed by atoms with Crippen LogP contribution >= 0.6 is 0 Å². The quantitative estimate of drug-likeness (QED) is 0.561. The van der Waals surface area contributed by atoms with E-state index in [1.807, 2.05) is 51.1 Å². The topological polar surface area (TPSA) is 130 Å². The molecule has 10 nitrogen and oxygen atoms in total. The Morgan fingerprint density at radius 3 is 2.68 bits per heavy atom. The molecule has 3 aromatic rings. The maximum Gasteiger partial charge on any atom is 0.227 e. The summed E-state index contributed by atoms with van der Waals surface area (Å²) in [5.41, 5.74) is 8.28. The summed E-state index contributed by atoms with van der Waals surface area (Å²) in [4.78, 5) is 13.4. The molecule has 4 heterocycles. The van der Waals surface area contributed by atoms with E-state index >= 15 is 0 Å². The predicted molar refractivity (Wildman–Crippen MR) is 113 cm³/mol. The lowest BCUT2D eigenvalue weighted by molar-refractivity contribution is -0.199. The predicted octanol–water partition coefficient (Wildman–Crippen LogP) is 1.99. The second kappa shape index (κ2) is 7.41. The first-order chi connectivity index (χ1) is 14.9. The van der Waals surface area contributed by atoms with Gasteiger partial charge in [-0.05, 0) is 26.3 Å². The summed E-state index contributed by atoms with van der Waals surface area (Å²) in [5, 5.41) is 13.1. The number of rotatable bonds is 5. The van der Waals surface area contributed by atoms with Crippen molar-refractivity contribution in [3.8, 4) is 0 Å². The maximum atomic E-state index is 9.77. The molecule has 0 saturated carbocycles. The molecule has 5 atom stereocenters. The van der Waals surface area contributed by atoms with Crippen molar-refractivity contribution < 1.29 is 19.3 Å². The fourth-order valence-electron chi connectivity index (χ4n) is 4.24. The summed E-state index contributed by atoms with van der Waals surface area (Å²) >= 11 is 0. The van der Waals surface area contributed by atoms with E-state index < -0.39 is 30.3 Å². The lowest BCUT2D eigenvalue weighted by Crippen LogP contribution is -2.31. The Kier molecular flexibility index (Phi) is 4.82. The van der Waals surface area contributed by atoms with Crippen LogP contribution in [0.3, 0.4) is 0 Å². The molecule has 31 heavy (non-hydrogen) atoms. The Morgan fingerprint density at radius 1 is 1.19 bits per heavy atom. The molecular formula is C21H26N6O4. The van der Waals surface area contributed by atoms with Gasteiger partial charge in [-0.25, -0.2) is 4.98 Å². The average Bonchev–Trinajstić information content (AvgIpc) is 3.39. The molecule has 2 aliphatic rings. The first-order valence-corrected chi connectivity index (χ1v) is 10.3. The highest BCUT2D eigenvalue weighted by Crippen LogP contribution is 2.43. The van der Waals surface area contributed by atoms with Gasteiger partial charge in [-0.15, -0.1) is 0 Å². The number of nitrogens with two attached hydrogens (primary N) is 1. The van der Waals surface area contributed by atoms with E-state index in [0.717, 1.165) is 5.56 Å². The lowest BCUT2D eigenvalue weighted by atomic mass is 10.1. The number of nitrogens with one attached hydrogen (secondary N) is 1. The number of fused-ring (bicyclic) bond motifs is 2. The summed E-state index contributed by atoms with van der Waals surface area (Å²) in [7, 11) is 0. The smallest absolute Gasteiger partial charge is 0.227 e. The number of aliphatic hydroxyl groups is 1. The molecule has 2 saturated heterocycles. The van der Waals surface area contributed by atoms with Gasteiger partial charge in [-0.3, -0.25) is 4.57 Å². The monoisotopic (exact) mass is 426 g/mol. The minimum Gasteiger partial charge on any atom is -0.394 e. The SMILES string of the molecule is CC(Nc1nc(N)c2ncn(C3OC(CO)[C@H]4OC(C)(C)O[C@@H]34)c2n1)c1ccccc1. The molecule has 2 fully saturated rings. The van der Waals surface area contributed by atoms with Crippen LogP contribution in [0, 0.1) is 0 Å². The Balaban J connectivity index is 1.49. The van der Waals surface area contributed by atoms with Crippen LogP contribution in [-0.2, 0) is 14.2 Å². The normalized spacial score (nSPS) is 28.0. The van der Waals surface area contributed by atoms with Crippen LogP contribution in [0.4, 0.5) is 11.8 Å². The molecule has 0 spiro atoms. The van der Waals surface area contributed by atoms with Crippen molar-refractivity contribution in [2.75, 3.05) is 17.7 Å². The van der Waals surface area contributed by atoms with Crippen molar-refractivity contribution in [1.29, 1.82) is 0 Å². The Morgan fingerprint density at radius 2 is 1.94 bits per heavy atom. The average molecular weight is 426 g/mol. The van der Waals surface area contributed by atoms with Gasteiger partial charge in [0.2, 0.25) is 5.95 Å². The summed E-state index contributed by atoms with van der Waals surface area (Å²) in [6, 6.07) is 9.98. The number of nitrogen functional groups attached to an aromatic ring is 1. The number of hydrogen-bond donors (Lipinski definition) is 3. The minimum absolute atomic E-state index is 0.0207. The third kappa shape index (κ3) is 3.51. The first kappa shape index (κ1) is 20.1. The third-order valence-corrected chi connectivity index (χ3v) is 5.67. The zero-order chi connectivity index (χ0) is 21.8. The fraction of sp³-hybridized carbons (Fsp3) is 0.476. The van der Waals surface area contributed by atoms with E-state index in [2.05, 4.69) is 20.3 Å². The molecule has 0 bridgehead atoms. The Hall–Kier alpha value is -2.79. The maximum absolute atomic E-state index is 9.77. The summed E-state index contributed by atoms with van der Waals surface area (Å²) < 4.78 is 19.9. The standard InChI is InChI=1S/C21H26N6O4/c1-11(12-7-5-4-6-8-12)24-20-25-17(22)14-18(26-20)27(10-23-14)19-16-15(13(9-28)29-19)30-21(2,3)31-16/h4-8,10-11,13,15-16,19,28H,9H2,1-3H3,(H3,22,24,25,26)/t11?,13?,15-,16-,19?/m1/s1. The zero-order valence-electron chi connectivity index (χ0n) is 17.6. The molecule has 0 aliphatic carbocycles. The highest BCUT2D eigenvalue weighted by molar-refractivity contribution is 5.83. The molecule has 5 rings (SSSR count). The van der Waals surface area contributed by atoms with E-state index in [4.69, 9.17) is 19.9 Å². The fourth-order valence-corrected chi connectivity index (χ4v) is 4.24. The van der Waals surface area contributed by atoms with Crippen LogP contribution in [0.1, 0.15) is 38.6 Å². The van der Waals surface area contributed by atoms with E-state index in [0.29, 0.717) is 17.1 Å². The lowest BCUT2D eigenvalue weighted by Gasteiger charge is -2.24. The van der Waals surface area contributed by atoms with Crippen molar-refractivity contribution in [2.24, 2.45) is 0 Å². The number of aromatic nitrogens is 4. The minimum atomic E-state index is -0.771. The second-order valence-corrected chi connectivity index (χ2v) is 8.35. The second-order valence-electron chi connectivity index (χ2n) is 8.35. The molecular weight excluding hydrogens is 400 g/mol. The van der Waals surface area contributed by atoms with Gasteiger partial charge in [-0.2, -0.15) is 9.97 Å². The van der Waals surface area contributed by atoms with Crippen LogP contribution < -0.4 is 11.1 Å². The number of anilines is 2. The van der Waals surface area contributed by atoms with Gasteiger partial charge in [0, 0.05) is 0 Å². The molecule has 2 aromatic heterocycles. The van der Waals surface area contributed by atoms with Crippen LogP contribution in [0.2, 0.25) is 0 Å². The van der Waals surface area contributed by atoms with Gasteiger partial charge in [0.1, 0.15) is 23.8 Å². The van der Waals surface area contributed by atoms with Crippen LogP contribution in [0.15, 0.2) is 36.7 Å². The number of benzene rings is 1. The molecule has 10 heteroatoms. The number of hydrogen-bond acceptors (Lipinski definition) is 9. The number of nitrogens with zero attached hydrogens (tertiary/aromatic N) is 4. The van der Waals surface area contributed by atoms with Gasteiger partial charge in [0.05, 0.1) is 19.0 Å². The molecule has 4 N–H and O–H groups in total. The number of aliphatic hydroxyl groups excluding tert-OH is 1. The summed E-state index contributed by atoms with van der Waals surface area (Å²) in [5.74, 6) is -0.114. The van der Waals surface area contributed by atoms with E-state index in [-0.39, 0.29) is 18.5 Å².